The van der Waals surface area contributed by atoms with Gasteiger partial charge in [-0.3, -0.25) is 14.5 Å². The SMILES string of the molecule is COc1ccc(/C=C2\SC(=S)N(CCCCCC(=O)O)C2=O)cc1F. The fourth-order valence-electron chi connectivity index (χ4n) is 2.34. The molecule has 2 rings (SSSR count). The Labute approximate surface area is 154 Å². The number of unbranched alkanes of at least 4 members (excludes halogenated alkanes) is 2. The quantitative estimate of drug-likeness (QED) is 0.420. The van der Waals surface area contributed by atoms with Gasteiger partial charge in [-0.1, -0.05) is 36.5 Å². The Morgan fingerprint density at radius 1 is 1.40 bits per heavy atom. The van der Waals surface area contributed by atoms with Crippen LogP contribution in [-0.4, -0.2) is 39.9 Å². The number of carboxylic acid groups (broad SMARTS) is 1. The number of benzene rings is 1. The molecule has 1 aromatic rings. The van der Waals surface area contributed by atoms with Gasteiger partial charge < -0.3 is 9.84 Å². The van der Waals surface area contributed by atoms with E-state index in [0.717, 1.165) is 0 Å². The summed E-state index contributed by atoms with van der Waals surface area (Å²) in [6.07, 6.45) is 3.70. The molecule has 1 aromatic carbocycles. The average Bonchev–Trinajstić information content (AvgIpc) is 2.81. The summed E-state index contributed by atoms with van der Waals surface area (Å²) in [5.41, 5.74) is 0.556. The third-order valence-electron chi connectivity index (χ3n) is 3.62. The molecule has 0 unspecified atom stereocenters. The molecule has 1 amide bonds. The summed E-state index contributed by atoms with van der Waals surface area (Å²) in [7, 11) is 1.39. The van der Waals surface area contributed by atoms with Crippen LogP contribution in [0.5, 0.6) is 5.75 Å². The minimum Gasteiger partial charge on any atom is -0.494 e. The van der Waals surface area contributed by atoms with E-state index < -0.39 is 11.8 Å². The molecule has 0 saturated carbocycles. The summed E-state index contributed by atoms with van der Waals surface area (Å²) >= 11 is 6.42. The van der Waals surface area contributed by atoms with Gasteiger partial charge in [-0.25, -0.2) is 4.39 Å². The highest BCUT2D eigenvalue weighted by molar-refractivity contribution is 8.26. The average molecular weight is 383 g/mol. The number of thiocarbonyl (C=S) groups is 1. The number of halogens is 1. The van der Waals surface area contributed by atoms with Crippen molar-refractivity contribution in [3.05, 3.63) is 34.5 Å². The van der Waals surface area contributed by atoms with Crippen molar-refractivity contribution in [3.63, 3.8) is 0 Å². The maximum atomic E-state index is 13.7. The molecule has 5 nitrogen and oxygen atoms in total. The number of ether oxygens (including phenoxy) is 1. The number of hydrogen-bond acceptors (Lipinski definition) is 5. The van der Waals surface area contributed by atoms with Gasteiger partial charge in [0.15, 0.2) is 11.6 Å². The molecule has 25 heavy (non-hydrogen) atoms. The van der Waals surface area contributed by atoms with E-state index in [1.807, 2.05) is 0 Å². The van der Waals surface area contributed by atoms with Crippen molar-refractivity contribution in [2.24, 2.45) is 0 Å². The van der Waals surface area contributed by atoms with Crippen LogP contribution in [0.3, 0.4) is 0 Å². The number of methoxy groups -OCH3 is 1. The van der Waals surface area contributed by atoms with Crippen molar-refractivity contribution in [1.29, 1.82) is 0 Å². The highest BCUT2D eigenvalue weighted by Gasteiger charge is 2.31. The number of carbonyl (C=O) groups is 2. The summed E-state index contributed by atoms with van der Waals surface area (Å²) in [4.78, 5) is 24.9. The Morgan fingerprint density at radius 2 is 2.16 bits per heavy atom. The summed E-state index contributed by atoms with van der Waals surface area (Å²) in [6.45, 7) is 0.457. The predicted octanol–water partition coefficient (Wildman–Crippen LogP) is 3.68. The van der Waals surface area contributed by atoms with E-state index in [0.29, 0.717) is 40.6 Å². The summed E-state index contributed by atoms with van der Waals surface area (Å²) in [6, 6.07) is 4.47. The Bertz CT molecular complexity index is 721. The number of rotatable bonds is 8. The number of aliphatic carboxylic acids is 1. The minimum absolute atomic E-state index is 0.126. The van der Waals surface area contributed by atoms with Gasteiger partial charge >= 0.3 is 5.97 Å². The Balaban J connectivity index is 1.97. The largest absolute Gasteiger partial charge is 0.494 e. The van der Waals surface area contributed by atoms with Gasteiger partial charge in [0.05, 0.1) is 12.0 Å². The molecule has 1 saturated heterocycles. The number of carbonyl (C=O) groups excluding carboxylic acids is 1. The maximum absolute atomic E-state index is 13.7. The van der Waals surface area contributed by atoms with Gasteiger partial charge in [0.25, 0.3) is 5.91 Å². The van der Waals surface area contributed by atoms with Crippen LogP contribution in [0, 0.1) is 5.82 Å². The Kier molecular flexibility index (Phi) is 6.95. The van der Waals surface area contributed by atoms with Crippen LogP contribution in [0.1, 0.15) is 31.2 Å². The van der Waals surface area contributed by atoms with Crippen LogP contribution in [0.15, 0.2) is 23.1 Å². The van der Waals surface area contributed by atoms with Gasteiger partial charge in [0, 0.05) is 13.0 Å². The number of hydrogen-bond donors (Lipinski definition) is 1. The monoisotopic (exact) mass is 383 g/mol. The van der Waals surface area contributed by atoms with Gasteiger partial charge in [0.2, 0.25) is 0 Å². The van der Waals surface area contributed by atoms with Crippen LogP contribution < -0.4 is 4.74 Å². The molecule has 0 spiro atoms. The third-order valence-corrected chi connectivity index (χ3v) is 5.00. The first kappa shape index (κ1) is 19.4. The molecule has 0 aromatic heterocycles. The lowest BCUT2D eigenvalue weighted by Gasteiger charge is -2.13. The molecule has 0 bridgehead atoms. The van der Waals surface area contributed by atoms with Crippen molar-refractivity contribution in [2.75, 3.05) is 13.7 Å². The van der Waals surface area contributed by atoms with Crippen molar-refractivity contribution in [1.82, 2.24) is 4.90 Å². The lowest BCUT2D eigenvalue weighted by Crippen LogP contribution is -2.29. The molecule has 1 aliphatic heterocycles. The predicted molar refractivity (Wildman–Crippen MR) is 98.9 cm³/mol. The number of thioether (sulfide) groups is 1. The van der Waals surface area contributed by atoms with E-state index in [1.165, 1.54) is 35.9 Å². The van der Waals surface area contributed by atoms with Gasteiger partial charge in [0.1, 0.15) is 4.32 Å². The highest BCUT2D eigenvalue weighted by Crippen LogP contribution is 2.33. The van der Waals surface area contributed by atoms with E-state index in [9.17, 15) is 14.0 Å². The first-order chi connectivity index (χ1) is 11.9. The van der Waals surface area contributed by atoms with Crippen molar-refractivity contribution < 1.29 is 23.8 Å². The van der Waals surface area contributed by atoms with Crippen LogP contribution in [0.25, 0.3) is 6.08 Å². The topological polar surface area (TPSA) is 66.8 Å². The van der Waals surface area contributed by atoms with Crippen molar-refractivity contribution >= 4 is 46.3 Å². The zero-order chi connectivity index (χ0) is 18.4. The molecule has 0 aliphatic carbocycles. The van der Waals surface area contributed by atoms with E-state index >= 15 is 0 Å². The first-order valence-electron chi connectivity index (χ1n) is 7.73. The van der Waals surface area contributed by atoms with E-state index in [-0.39, 0.29) is 18.1 Å². The number of amides is 1. The normalized spacial score (nSPS) is 15.9. The molecule has 1 heterocycles. The van der Waals surface area contributed by atoms with E-state index in [1.54, 1.807) is 12.1 Å². The molecule has 1 aliphatic rings. The van der Waals surface area contributed by atoms with Crippen LogP contribution in [-0.2, 0) is 9.59 Å². The number of nitrogens with zero attached hydrogens (tertiary/aromatic N) is 1. The fraction of sp³-hybridized carbons (Fsp3) is 0.353. The van der Waals surface area contributed by atoms with Crippen LogP contribution in [0.2, 0.25) is 0 Å². The van der Waals surface area contributed by atoms with Crippen molar-refractivity contribution in [2.45, 2.75) is 25.7 Å². The van der Waals surface area contributed by atoms with Crippen LogP contribution >= 0.6 is 24.0 Å². The smallest absolute Gasteiger partial charge is 0.303 e. The molecule has 8 heteroatoms. The van der Waals surface area contributed by atoms with Gasteiger partial charge in [-0.05, 0) is 36.6 Å². The molecule has 0 radical (unpaired) electrons. The second-order valence-electron chi connectivity index (χ2n) is 5.43. The second-order valence-corrected chi connectivity index (χ2v) is 7.11. The van der Waals surface area contributed by atoms with Crippen LogP contribution in [0.4, 0.5) is 4.39 Å². The Hall–Kier alpha value is -1.93. The molecule has 134 valence electrons. The van der Waals surface area contributed by atoms with E-state index in [2.05, 4.69) is 0 Å². The lowest BCUT2D eigenvalue weighted by atomic mass is 10.2. The molecule has 1 fully saturated rings. The molecular weight excluding hydrogens is 365 g/mol. The number of carboxylic acids is 1. The van der Waals surface area contributed by atoms with Gasteiger partial charge in [-0.15, -0.1) is 0 Å². The summed E-state index contributed by atoms with van der Waals surface area (Å²) < 4.78 is 19.1. The third kappa shape index (κ3) is 5.27. The van der Waals surface area contributed by atoms with Crippen molar-refractivity contribution in [3.8, 4) is 5.75 Å². The zero-order valence-electron chi connectivity index (χ0n) is 13.7. The lowest BCUT2D eigenvalue weighted by molar-refractivity contribution is -0.137. The van der Waals surface area contributed by atoms with Gasteiger partial charge in [-0.2, -0.15) is 0 Å². The van der Waals surface area contributed by atoms with E-state index in [4.69, 9.17) is 22.1 Å². The highest BCUT2D eigenvalue weighted by atomic mass is 32.2. The fourth-order valence-corrected chi connectivity index (χ4v) is 3.65. The summed E-state index contributed by atoms with van der Waals surface area (Å²) in [5.74, 6) is -1.37. The first-order valence-corrected chi connectivity index (χ1v) is 8.95. The maximum Gasteiger partial charge on any atom is 0.303 e. The minimum atomic E-state index is -0.819. The zero-order valence-corrected chi connectivity index (χ0v) is 15.3. The standard InChI is InChI=1S/C17H18FNO4S2/c1-23-13-7-6-11(9-12(13)18)10-14-16(22)19(17(24)25-14)8-4-2-3-5-15(20)21/h6-7,9-10H,2-5,8H2,1H3,(H,20,21)/b14-10-. The molecule has 0 atom stereocenters. The Morgan fingerprint density at radius 3 is 2.80 bits per heavy atom. The summed E-state index contributed by atoms with van der Waals surface area (Å²) in [5, 5.41) is 8.61. The molecule has 1 N–H and O–H groups in total. The second kappa shape index (κ2) is 8.96. The molecular formula is C17H18FNO4S2.